The van der Waals surface area contributed by atoms with E-state index in [2.05, 4.69) is 22.0 Å². The third kappa shape index (κ3) is 2.73. The first-order chi connectivity index (χ1) is 9.50. The number of carbonyl (C=O) groups excluding carboxylic acids is 1. The predicted molar refractivity (Wildman–Crippen MR) is 82.4 cm³/mol. The maximum absolute atomic E-state index is 12.7. The Morgan fingerprint density at radius 3 is 2.55 bits per heavy atom. The average molecular weight is 335 g/mol. The molecule has 1 aliphatic carbocycles. The van der Waals surface area contributed by atoms with Gasteiger partial charge in [0.15, 0.2) is 0 Å². The van der Waals surface area contributed by atoms with Gasteiger partial charge < -0.3 is 4.90 Å². The van der Waals surface area contributed by atoms with E-state index in [0.717, 1.165) is 42.1 Å². The van der Waals surface area contributed by atoms with Gasteiger partial charge in [0.05, 0.1) is 11.6 Å². The highest BCUT2D eigenvalue weighted by Gasteiger charge is 2.39. The molecule has 1 saturated carbocycles. The third-order valence-corrected chi connectivity index (χ3v) is 4.85. The summed E-state index contributed by atoms with van der Waals surface area (Å²) in [4.78, 5) is 14.3. The van der Waals surface area contributed by atoms with Crippen molar-refractivity contribution in [1.29, 1.82) is 5.26 Å². The number of hydrogen-bond donors (Lipinski definition) is 0. The zero-order valence-corrected chi connectivity index (χ0v) is 13.5. The molecule has 0 N–H and O–H groups in total. The number of rotatable bonds is 2. The van der Waals surface area contributed by atoms with Crippen LogP contribution in [0.3, 0.4) is 0 Å². The Morgan fingerprint density at radius 2 is 2.00 bits per heavy atom. The van der Waals surface area contributed by atoms with Crippen LogP contribution in [-0.2, 0) is 0 Å². The summed E-state index contributed by atoms with van der Waals surface area (Å²) in [6, 6.07) is 8.07. The molecule has 1 aliphatic rings. The number of carbonyl (C=O) groups is 1. The van der Waals surface area contributed by atoms with E-state index in [9.17, 15) is 10.1 Å². The van der Waals surface area contributed by atoms with Gasteiger partial charge in [-0.2, -0.15) is 5.26 Å². The minimum absolute atomic E-state index is 0.0830. The summed E-state index contributed by atoms with van der Waals surface area (Å²) in [7, 11) is 1.75. The molecule has 1 aromatic carbocycles. The first-order valence-electron chi connectivity index (χ1n) is 6.96. The molecule has 0 heterocycles. The number of hydrogen-bond acceptors (Lipinski definition) is 2. The Bertz CT molecular complexity index is 556. The van der Waals surface area contributed by atoms with Crippen molar-refractivity contribution in [2.75, 3.05) is 7.05 Å². The fourth-order valence-electron chi connectivity index (χ4n) is 2.83. The molecule has 0 unspecified atom stereocenters. The molecule has 4 heteroatoms. The van der Waals surface area contributed by atoms with Crippen molar-refractivity contribution in [3.8, 4) is 6.07 Å². The van der Waals surface area contributed by atoms with E-state index >= 15 is 0 Å². The van der Waals surface area contributed by atoms with E-state index in [1.807, 2.05) is 25.1 Å². The molecule has 1 aromatic rings. The molecule has 0 aromatic heterocycles. The van der Waals surface area contributed by atoms with Gasteiger partial charge in [0.25, 0.3) is 5.91 Å². The van der Waals surface area contributed by atoms with Crippen molar-refractivity contribution in [3.63, 3.8) is 0 Å². The highest BCUT2D eigenvalue weighted by Crippen LogP contribution is 2.34. The zero-order valence-electron chi connectivity index (χ0n) is 11.9. The molecule has 0 spiro atoms. The summed E-state index contributed by atoms with van der Waals surface area (Å²) in [6.07, 6.45) is 4.73. The molecule has 0 atom stereocenters. The van der Waals surface area contributed by atoms with Crippen LogP contribution >= 0.6 is 15.9 Å². The molecule has 0 radical (unpaired) electrons. The fourth-order valence-corrected chi connectivity index (χ4v) is 3.49. The van der Waals surface area contributed by atoms with Gasteiger partial charge >= 0.3 is 0 Å². The molecular weight excluding hydrogens is 316 g/mol. The van der Waals surface area contributed by atoms with E-state index in [-0.39, 0.29) is 5.91 Å². The van der Waals surface area contributed by atoms with Gasteiger partial charge in [0, 0.05) is 11.5 Å². The van der Waals surface area contributed by atoms with Crippen molar-refractivity contribution in [2.45, 2.75) is 44.6 Å². The Kier molecular flexibility index (Phi) is 4.49. The Hall–Kier alpha value is -1.34. The van der Waals surface area contributed by atoms with Crippen molar-refractivity contribution >= 4 is 21.8 Å². The lowest BCUT2D eigenvalue weighted by molar-refractivity contribution is 0.0588. The number of nitriles is 1. The second kappa shape index (κ2) is 5.97. The fraction of sp³-hybridized carbons (Fsp3) is 0.500. The van der Waals surface area contributed by atoms with Crippen LogP contribution in [0.5, 0.6) is 0 Å². The Morgan fingerprint density at radius 1 is 1.35 bits per heavy atom. The van der Waals surface area contributed by atoms with Crippen LogP contribution < -0.4 is 0 Å². The van der Waals surface area contributed by atoms with Gasteiger partial charge in [-0.25, -0.2) is 0 Å². The summed E-state index contributed by atoms with van der Waals surface area (Å²) in [5.41, 5.74) is 1.08. The normalized spacial score (nSPS) is 17.3. The van der Waals surface area contributed by atoms with Gasteiger partial charge in [0.2, 0.25) is 0 Å². The van der Waals surface area contributed by atoms with Crippen LogP contribution in [-0.4, -0.2) is 23.4 Å². The average Bonchev–Trinajstić information content (AvgIpc) is 2.46. The molecule has 2 rings (SSSR count). The Labute approximate surface area is 128 Å². The lowest BCUT2D eigenvalue weighted by Gasteiger charge is -2.39. The number of nitrogens with zero attached hydrogens (tertiary/aromatic N) is 2. The Balaban J connectivity index is 2.30. The van der Waals surface area contributed by atoms with E-state index in [4.69, 9.17) is 0 Å². The molecule has 3 nitrogen and oxygen atoms in total. The summed E-state index contributed by atoms with van der Waals surface area (Å²) < 4.78 is 0.790. The molecule has 20 heavy (non-hydrogen) atoms. The van der Waals surface area contributed by atoms with Crippen LogP contribution in [0.2, 0.25) is 0 Å². The maximum atomic E-state index is 12.7. The smallest absolute Gasteiger partial charge is 0.256 e. The third-order valence-electron chi connectivity index (χ3n) is 4.19. The largest absolute Gasteiger partial charge is 0.323 e. The highest BCUT2D eigenvalue weighted by molar-refractivity contribution is 9.10. The highest BCUT2D eigenvalue weighted by atomic mass is 79.9. The molecule has 106 valence electrons. The van der Waals surface area contributed by atoms with Crippen LogP contribution in [0.4, 0.5) is 0 Å². The number of benzene rings is 1. The molecule has 1 fully saturated rings. The monoisotopic (exact) mass is 334 g/mol. The van der Waals surface area contributed by atoms with Gasteiger partial charge in [-0.1, -0.05) is 25.3 Å². The number of aryl methyl sites for hydroxylation is 1. The zero-order chi connectivity index (χ0) is 14.8. The van der Waals surface area contributed by atoms with Gasteiger partial charge in [-0.3, -0.25) is 4.79 Å². The van der Waals surface area contributed by atoms with Crippen molar-refractivity contribution in [2.24, 2.45) is 0 Å². The minimum atomic E-state index is -0.639. The van der Waals surface area contributed by atoms with E-state index < -0.39 is 5.54 Å². The van der Waals surface area contributed by atoms with Gasteiger partial charge in [-0.05, 0) is 53.4 Å². The second-order valence-corrected chi connectivity index (χ2v) is 6.41. The summed E-state index contributed by atoms with van der Waals surface area (Å²) in [6.45, 7) is 1.99. The molecule has 1 amide bonds. The second-order valence-electron chi connectivity index (χ2n) is 5.55. The van der Waals surface area contributed by atoms with Crippen molar-refractivity contribution in [3.05, 3.63) is 33.8 Å². The molecule has 0 aliphatic heterocycles. The summed E-state index contributed by atoms with van der Waals surface area (Å²) in [5.74, 6) is -0.0830. The maximum Gasteiger partial charge on any atom is 0.256 e. The number of amides is 1. The summed E-state index contributed by atoms with van der Waals surface area (Å²) >= 11 is 3.45. The molecule has 0 saturated heterocycles. The first kappa shape index (κ1) is 15.1. The van der Waals surface area contributed by atoms with E-state index in [0.29, 0.717) is 5.56 Å². The van der Waals surface area contributed by atoms with Crippen LogP contribution in [0.15, 0.2) is 22.7 Å². The quantitative estimate of drug-likeness (QED) is 0.818. The lowest BCUT2D eigenvalue weighted by Crippen LogP contribution is -2.49. The number of halogens is 1. The van der Waals surface area contributed by atoms with Gasteiger partial charge in [0.1, 0.15) is 5.54 Å². The SMILES string of the molecule is Cc1ccc(C(=O)N(C)C2(C#N)CCCCC2)c(Br)c1. The lowest BCUT2D eigenvalue weighted by atomic mass is 9.81. The predicted octanol–water partition coefficient (Wildman–Crippen LogP) is 4.06. The minimum Gasteiger partial charge on any atom is -0.323 e. The van der Waals surface area contributed by atoms with Gasteiger partial charge in [-0.15, -0.1) is 0 Å². The first-order valence-corrected chi connectivity index (χ1v) is 7.75. The van der Waals surface area contributed by atoms with E-state index in [1.54, 1.807) is 11.9 Å². The molecular formula is C16H19BrN2O. The van der Waals surface area contributed by atoms with Crippen molar-refractivity contribution < 1.29 is 4.79 Å². The van der Waals surface area contributed by atoms with Crippen LogP contribution in [0.1, 0.15) is 48.0 Å². The standard InChI is InChI=1S/C16H19BrN2O/c1-12-6-7-13(14(17)10-12)15(20)19(2)16(11-18)8-4-3-5-9-16/h6-7,10H,3-5,8-9H2,1-2H3. The topological polar surface area (TPSA) is 44.1 Å². The van der Waals surface area contributed by atoms with Crippen LogP contribution in [0.25, 0.3) is 0 Å². The van der Waals surface area contributed by atoms with Crippen molar-refractivity contribution in [1.82, 2.24) is 4.90 Å². The molecule has 0 bridgehead atoms. The summed E-state index contributed by atoms with van der Waals surface area (Å²) in [5, 5.41) is 9.57. The van der Waals surface area contributed by atoms with Crippen LogP contribution in [0, 0.1) is 18.3 Å². The van der Waals surface area contributed by atoms with E-state index in [1.165, 1.54) is 0 Å².